The van der Waals surface area contributed by atoms with Crippen molar-refractivity contribution >= 4 is 35.3 Å². The van der Waals surface area contributed by atoms with Crippen LogP contribution < -0.4 is 14.4 Å². The molecule has 0 saturated heterocycles. The summed E-state index contributed by atoms with van der Waals surface area (Å²) in [5, 5.41) is 0. The van der Waals surface area contributed by atoms with Gasteiger partial charge in [-0.1, -0.05) is 18.2 Å². The number of anilines is 1. The van der Waals surface area contributed by atoms with Crippen LogP contribution in [0.1, 0.15) is 12.5 Å². The number of hydrogen-bond donors (Lipinski definition) is 0. The fourth-order valence-corrected chi connectivity index (χ4v) is 3.70. The van der Waals surface area contributed by atoms with Gasteiger partial charge >= 0.3 is 13.2 Å². The van der Waals surface area contributed by atoms with Gasteiger partial charge in [0.1, 0.15) is 0 Å². The van der Waals surface area contributed by atoms with Crippen molar-refractivity contribution in [3.8, 4) is 11.5 Å². The highest BCUT2D eigenvalue weighted by Crippen LogP contribution is 2.36. The molecular weight excluding hydrogens is 426 g/mol. The van der Waals surface area contributed by atoms with Gasteiger partial charge in [0.2, 0.25) is 5.91 Å². The first-order chi connectivity index (χ1) is 14.3. The summed E-state index contributed by atoms with van der Waals surface area (Å²) in [5.41, 5.74) is 0.819. The van der Waals surface area contributed by atoms with Gasteiger partial charge in [-0.3, -0.25) is 9.59 Å². The van der Waals surface area contributed by atoms with Gasteiger partial charge in [0, 0.05) is 10.5 Å². The van der Waals surface area contributed by atoms with Crippen LogP contribution in [0, 0.1) is 0 Å². The van der Waals surface area contributed by atoms with Crippen LogP contribution in [0.5, 0.6) is 11.5 Å². The Morgan fingerprint density at radius 1 is 1.07 bits per heavy atom. The molecule has 0 atom stereocenters. The number of alkyl halides is 4. The maximum Gasteiger partial charge on any atom is 0.387 e. The van der Waals surface area contributed by atoms with Crippen LogP contribution in [0.4, 0.5) is 23.2 Å². The molecule has 0 aliphatic carbocycles. The smallest absolute Gasteiger partial charge is 0.387 e. The third-order valence-corrected chi connectivity index (χ3v) is 5.08. The van der Waals surface area contributed by atoms with E-state index in [0.717, 1.165) is 21.9 Å². The number of fused-ring (bicyclic) bond motifs is 1. The number of thioether (sulfide) groups is 1. The minimum absolute atomic E-state index is 0.0993. The van der Waals surface area contributed by atoms with Crippen LogP contribution in [-0.2, 0) is 9.59 Å². The van der Waals surface area contributed by atoms with Crippen molar-refractivity contribution in [2.24, 2.45) is 0 Å². The van der Waals surface area contributed by atoms with Crippen molar-refractivity contribution in [3.63, 3.8) is 0 Å². The van der Waals surface area contributed by atoms with Crippen LogP contribution in [0.3, 0.4) is 0 Å². The number of hydrogen-bond acceptors (Lipinski definition) is 5. The van der Waals surface area contributed by atoms with Gasteiger partial charge in [-0.15, -0.1) is 11.8 Å². The predicted octanol–water partition coefficient (Wildman–Crippen LogP) is 4.96. The lowest BCUT2D eigenvalue weighted by Gasteiger charge is -2.27. The molecule has 0 unspecified atom stereocenters. The van der Waals surface area contributed by atoms with E-state index in [0.29, 0.717) is 5.69 Å². The zero-order valence-electron chi connectivity index (χ0n) is 15.5. The molecule has 2 amide bonds. The second-order valence-electron chi connectivity index (χ2n) is 6.08. The number of amides is 2. The Morgan fingerprint density at radius 3 is 2.43 bits per heavy atom. The second-order valence-corrected chi connectivity index (χ2v) is 7.10. The number of benzene rings is 2. The van der Waals surface area contributed by atoms with Crippen LogP contribution >= 0.6 is 11.8 Å². The highest BCUT2D eigenvalue weighted by molar-refractivity contribution is 8.00. The summed E-state index contributed by atoms with van der Waals surface area (Å²) >= 11 is 1.32. The van der Waals surface area contributed by atoms with Crippen molar-refractivity contribution < 1.29 is 36.6 Å². The molecule has 0 N–H and O–H groups in total. The number of rotatable bonds is 6. The van der Waals surface area contributed by atoms with Gasteiger partial charge in [0.05, 0.1) is 11.4 Å². The highest BCUT2D eigenvalue weighted by atomic mass is 32.2. The van der Waals surface area contributed by atoms with E-state index in [2.05, 4.69) is 9.47 Å². The van der Waals surface area contributed by atoms with Gasteiger partial charge in [-0.05, 0) is 42.8 Å². The molecular formula is C20H15F4NO4S. The fourth-order valence-electron chi connectivity index (χ4n) is 2.81. The summed E-state index contributed by atoms with van der Waals surface area (Å²) in [7, 11) is 0. The molecule has 10 heteroatoms. The van der Waals surface area contributed by atoms with Crippen molar-refractivity contribution in [2.45, 2.75) is 25.0 Å². The van der Waals surface area contributed by atoms with Crippen LogP contribution in [0.25, 0.3) is 6.08 Å². The molecule has 3 rings (SSSR count). The summed E-state index contributed by atoms with van der Waals surface area (Å²) in [6.45, 7) is -5.03. The number of carbonyl (C=O) groups excluding carboxylic acids is 2. The summed E-state index contributed by atoms with van der Waals surface area (Å²) < 4.78 is 58.5. The van der Waals surface area contributed by atoms with Crippen molar-refractivity contribution in [3.05, 3.63) is 53.6 Å². The number of carbonyl (C=O) groups is 2. The van der Waals surface area contributed by atoms with E-state index in [9.17, 15) is 27.2 Å². The predicted molar refractivity (Wildman–Crippen MR) is 103 cm³/mol. The zero-order chi connectivity index (χ0) is 21.8. The third-order valence-electron chi connectivity index (χ3n) is 4.03. The average Bonchev–Trinajstić information content (AvgIpc) is 2.68. The summed E-state index contributed by atoms with van der Waals surface area (Å²) in [6.07, 6.45) is 1.34. The van der Waals surface area contributed by atoms with Gasteiger partial charge in [-0.2, -0.15) is 17.6 Å². The summed E-state index contributed by atoms with van der Waals surface area (Å²) in [4.78, 5) is 27.1. The van der Waals surface area contributed by atoms with E-state index in [1.54, 1.807) is 24.3 Å². The summed E-state index contributed by atoms with van der Waals surface area (Å²) in [6, 6.07) is 10.3. The lowest BCUT2D eigenvalue weighted by atomic mass is 10.1. The molecule has 0 saturated carbocycles. The molecule has 0 spiro atoms. The number of ether oxygens (including phenoxy) is 2. The second kappa shape index (κ2) is 9.21. The molecule has 1 aliphatic heterocycles. The van der Waals surface area contributed by atoms with Crippen LogP contribution in [0.15, 0.2) is 52.9 Å². The lowest BCUT2D eigenvalue weighted by molar-refractivity contribution is -0.123. The zero-order valence-corrected chi connectivity index (χ0v) is 16.3. The van der Waals surface area contributed by atoms with Crippen molar-refractivity contribution in [1.29, 1.82) is 0 Å². The molecule has 2 aromatic rings. The van der Waals surface area contributed by atoms with E-state index >= 15 is 0 Å². The molecule has 30 heavy (non-hydrogen) atoms. The first kappa shape index (κ1) is 21.7. The number of para-hydroxylation sites is 1. The molecule has 0 fully saturated rings. The molecule has 0 bridgehead atoms. The van der Waals surface area contributed by atoms with Crippen LogP contribution in [-0.4, -0.2) is 30.8 Å². The maximum atomic E-state index is 12.9. The van der Waals surface area contributed by atoms with E-state index in [4.69, 9.17) is 0 Å². The van der Waals surface area contributed by atoms with Gasteiger partial charge in [0.15, 0.2) is 11.5 Å². The van der Waals surface area contributed by atoms with E-state index < -0.39 is 30.6 Å². The lowest BCUT2D eigenvalue weighted by Crippen LogP contribution is -2.40. The fraction of sp³-hybridized carbons (Fsp3) is 0.200. The SMILES string of the molecule is C/C(=C\c1ccc(OC(F)F)c(OC(F)F)c1)C(=O)N1C(=O)CSc2ccccc21. The Kier molecular flexibility index (Phi) is 6.66. The van der Waals surface area contributed by atoms with Gasteiger partial charge in [0.25, 0.3) is 5.91 Å². The Bertz CT molecular complexity index is 997. The van der Waals surface area contributed by atoms with Crippen molar-refractivity contribution in [2.75, 3.05) is 10.7 Å². The molecule has 1 aliphatic rings. The Hall–Kier alpha value is -3.01. The maximum absolute atomic E-state index is 12.9. The Morgan fingerprint density at radius 2 is 1.73 bits per heavy atom. The first-order valence-corrected chi connectivity index (χ1v) is 9.56. The van der Waals surface area contributed by atoms with Gasteiger partial charge < -0.3 is 9.47 Å². The minimum Gasteiger partial charge on any atom is -0.431 e. The Balaban J connectivity index is 1.91. The first-order valence-electron chi connectivity index (χ1n) is 8.57. The topological polar surface area (TPSA) is 55.8 Å². The standard InChI is InChI=1S/C20H15F4NO4S/c1-11(18(27)25-13-4-2-3-5-16(13)30-10-17(25)26)8-12-6-7-14(28-19(21)22)15(9-12)29-20(23)24/h2-9,19-20H,10H2,1H3/b11-8+. The van der Waals surface area contributed by atoms with Crippen molar-refractivity contribution in [1.82, 2.24) is 0 Å². The number of nitrogens with zero attached hydrogens (tertiary/aromatic N) is 1. The van der Waals surface area contributed by atoms with E-state index in [1.807, 2.05) is 0 Å². The molecule has 0 aromatic heterocycles. The monoisotopic (exact) mass is 441 g/mol. The number of halogens is 4. The molecule has 2 aromatic carbocycles. The highest BCUT2D eigenvalue weighted by Gasteiger charge is 2.30. The quantitative estimate of drug-likeness (QED) is 0.469. The average molecular weight is 441 g/mol. The molecule has 0 radical (unpaired) electrons. The minimum atomic E-state index is -3.26. The third kappa shape index (κ3) is 4.93. The van der Waals surface area contributed by atoms with Crippen LogP contribution in [0.2, 0.25) is 0 Å². The number of imide groups is 1. The van der Waals surface area contributed by atoms with E-state index in [1.165, 1.54) is 30.8 Å². The van der Waals surface area contributed by atoms with E-state index in [-0.39, 0.29) is 22.8 Å². The normalized spacial score (nSPS) is 14.2. The molecule has 1 heterocycles. The largest absolute Gasteiger partial charge is 0.431 e. The van der Waals surface area contributed by atoms with Gasteiger partial charge in [-0.25, -0.2) is 4.90 Å². The molecule has 158 valence electrons. The molecule has 5 nitrogen and oxygen atoms in total. The summed E-state index contributed by atoms with van der Waals surface area (Å²) in [5.74, 6) is -2.04. The Labute approximate surface area is 173 Å².